The number of aryl methyl sites for hydroxylation is 1. The quantitative estimate of drug-likeness (QED) is 0.907. The molecule has 0 amide bonds. The molecule has 1 saturated heterocycles. The molecule has 1 heterocycles. The van der Waals surface area contributed by atoms with E-state index in [1.165, 1.54) is 0 Å². The standard InChI is InChI=1S/C16H24ClNO3/c1-12-3-4-15(17)16(9-12)21-11-14(19)10-18-6-8-20-7-5-13(18)2/h3-4,9,13-14,19H,5-8,10-11H2,1-2H3/t13-,14+/m0/s1. The lowest BCUT2D eigenvalue weighted by atomic mass is 10.2. The fourth-order valence-electron chi connectivity index (χ4n) is 2.44. The maximum atomic E-state index is 10.2. The molecule has 1 aromatic carbocycles. The highest BCUT2D eigenvalue weighted by Crippen LogP contribution is 2.25. The topological polar surface area (TPSA) is 41.9 Å². The summed E-state index contributed by atoms with van der Waals surface area (Å²) in [4.78, 5) is 2.25. The summed E-state index contributed by atoms with van der Waals surface area (Å²) in [5.74, 6) is 0.628. The number of β-amino-alcohol motifs (C(OH)–C–C–N with tert-alkyl or cyclic N) is 1. The Bertz CT molecular complexity index is 455. The molecule has 0 spiro atoms. The summed E-state index contributed by atoms with van der Waals surface area (Å²) in [6.07, 6.45) is 0.458. The van der Waals surface area contributed by atoms with Crippen molar-refractivity contribution in [2.45, 2.75) is 32.4 Å². The van der Waals surface area contributed by atoms with Gasteiger partial charge in [0.25, 0.3) is 0 Å². The molecule has 0 radical (unpaired) electrons. The lowest BCUT2D eigenvalue weighted by Crippen LogP contribution is -2.41. The Labute approximate surface area is 131 Å². The average molecular weight is 314 g/mol. The Kier molecular flexibility index (Phi) is 6.30. The molecular formula is C16H24ClNO3. The summed E-state index contributed by atoms with van der Waals surface area (Å²) < 4.78 is 11.1. The van der Waals surface area contributed by atoms with E-state index in [0.29, 0.717) is 23.4 Å². The van der Waals surface area contributed by atoms with Gasteiger partial charge in [0.2, 0.25) is 0 Å². The van der Waals surface area contributed by atoms with Crippen molar-refractivity contribution in [2.24, 2.45) is 0 Å². The van der Waals surface area contributed by atoms with E-state index in [-0.39, 0.29) is 6.61 Å². The first kappa shape index (κ1) is 16.6. The van der Waals surface area contributed by atoms with Gasteiger partial charge >= 0.3 is 0 Å². The van der Waals surface area contributed by atoms with Gasteiger partial charge in [0.15, 0.2) is 0 Å². The van der Waals surface area contributed by atoms with Crippen LogP contribution in [0.3, 0.4) is 0 Å². The van der Waals surface area contributed by atoms with E-state index in [1.54, 1.807) is 0 Å². The molecule has 1 aromatic rings. The zero-order chi connectivity index (χ0) is 15.2. The van der Waals surface area contributed by atoms with Crippen molar-refractivity contribution in [3.63, 3.8) is 0 Å². The first-order chi connectivity index (χ1) is 10.1. The first-order valence-electron chi connectivity index (χ1n) is 7.45. The second-order valence-electron chi connectivity index (χ2n) is 5.64. The van der Waals surface area contributed by atoms with Crippen molar-refractivity contribution in [3.05, 3.63) is 28.8 Å². The van der Waals surface area contributed by atoms with E-state index in [9.17, 15) is 5.11 Å². The van der Waals surface area contributed by atoms with Crippen LogP contribution in [0.2, 0.25) is 5.02 Å². The van der Waals surface area contributed by atoms with Gasteiger partial charge in [-0.3, -0.25) is 4.90 Å². The van der Waals surface area contributed by atoms with Gasteiger partial charge in [-0.05, 0) is 38.0 Å². The van der Waals surface area contributed by atoms with E-state index < -0.39 is 6.10 Å². The van der Waals surface area contributed by atoms with Crippen molar-refractivity contribution >= 4 is 11.6 Å². The van der Waals surface area contributed by atoms with Crippen LogP contribution < -0.4 is 4.74 Å². The van der Waals surface area contributed by atoms with E-state index >= 15 is 0 Å². The number of aliphatic hydroxyl groups is 1. The molecule has 1 fully saturated rings. The predicted octanol–water partition coefficient (Wildman–Crippen LogP) is 2.50. The van der Waals surface area contributed by atoms with E-state index in [4.69, 9.17) is 21.1 Å². The number of benzene rings is 1. The van der Waals surface area contributed by atoms with Crippen LogP contribution >= 0.6 is 11.6 Å². The largest absolute Gasteiger partial charge is 0.489 e. The molecule has 4 nitrogen and oxygen atoms in total. The predicted molar refractivity (Wildman–Crippen MR) is 84.2 cm³/mol. The third kappa shape index (κ3) is 5.15. The number of nitrogens with zero attached hydrogens (tertiary/aromatic N) is 1. The van der Waals surface area contributed by atoms with Crippen molar-refractivity contribution < 1.29 is 14.6 Å². The van der Waals surface area contributed by atoms with Crippen LogP contribution in [0.1, 0.15) is 18.9 Å². The molecule has 0 saturated carbocycles. The van der Waals surface area contributed by atoms with E-state index in [1.807, 2.05) is 25.1 Å². The summed E-state index contributed by atoms with van der Waals surface area (Å²) in [5, 5.41) is 10.8. The Hall–Kier alpha value is -0.810. The third-order valence-electron chi connectivity index (χ3n) is 3.79. The lowest BCUT2D eigenvalue weighted by molar-refractivity contribution is 0.0544. The number of ether oxygens (including phenoxy) is 2. The second-order valence-corrected chi connectivity index (χ2v) is 6.05. The summed E-state index contributed by atoms with van der Waals surface area (Å²) >= 11 is 6.08. The maximum absolute atomic E-state index is 10.2. The van der Waals surface area contributed by atoms with Crippen LogP contribution in [-0.2, 0) is 4.74 Å². The Morgan fingerprint density at radius 2 is 2.29 bits per heavy atom. The monoisotopic (exact) mass is 313 g/mol. The molecule has 5 heteroatoms. The summed E-state index contributed by atoms with van der Waals surface area (Å²) in [5.41, 5.74) is 1.09. The second kappa shape index (κ2) is 7.99. The number of aliphatic hydroxyl groups excluding tert-OH is 1. The SMILES string of the molecule is Cc1ccc(Cl)c(OC[C@H](O)CN2CCOCC[C@@H]2C)c1. The Morgan fingerprint density at radius 3 is 3.10 bits per heavy atom. The molecule has 2 rings (SSSR count). The van der Waals surface area contributed by atoms with Crippen LogP contribution in [0.5, 0.6) is 5.75 Å². The van der Waals surface area contributed by atoms with Gasteiger partial charge in [0.05, 0.1) is 11.6 Å². The number of hydrogen-bond donors (Lipinski definition) is 1. The molecule has 0 unspecified atom stereocenters. The van der Waals surface area contributed by atoms with Crippen LogP contribution in [-0.4, -0.2) is 55.1 Å². The van der Waals surface area contributed by atoms with Gasteiger partial charge in [-0.2, -0.15) is 0 Å². The molecule has 1 aliphatic rings. The molecular weight excluding hydrogens is 290 g/mol. The van der Waals surface area contributed by atoms with Crippen LogP contribution in [0.15, 0.2) is 18.2 Å². The lowest BCUT2D eigenvalue weighted by Gasteiger charge is -2.28. The summed E-state index contributed by atoms with van der Waals surface area (Å²) in [6.45, 7) is 7.35. The van der Waals surface area contributed by atoms with Crippen LogP contribution in [0.25, 0.3) is 0 Å². The number of halogens is 1. The van der Waals surface area contributed by atoms with Gasteiger partial charge in [0, 0.05) is 25.7 Å². The van der Waals surface area contributed by atoms with Gasteiger partial charge in [-0.15, -0.1) is 0 Å². The van der Waals surface area contributed by atoms with Crippen molar-refractivity contribution in [1.29, 1.82) is 0 Å². The minimum Gasteiger partial charge on any atom is -0.489 e. The van der Waals surface area contributed by atoms with Gasteiger partial charge in [-0.25, -0.2) is 0 Å². The van der Waals surface area contributed by atoms with E-state index in [0.717, 1.165) is 31.7 Å². The normalized spacial score (nSPS) is 21.8. The van der Waals surface area contributed by atoms with Crippen LogP contribution in [0, 0.1) is 6.92 Å². The van der Waals surface area contributed by atoms with Crippen LogP contribution in [0.4, 0.5) is 0 Å². The van der Waals surface area contributed by atoms with Gasteiger partial charge < -0.3 is 14.6 Å². The summed E-state index contributed by atoms with van der Waals surface area (Å²) in [6, 6.07) is 6.05. The van der Waals surface area contributed by atoms with E-state index in [2.05, 4.69) is 11.8 Å². The number of hydrogen-bond acceptors (Lipinski definition) is 4. The highest BCUT2D eigenvalue weighted by atomic mass is 35.5. The molecule has 21 heavy (non-hydrogen) atoms. The fraction of sp³-hybridized carbons (Fsp3) is 0.625. The average Bonchev–Trinajstić information content (AvgIpc) is 2.65. The van der Waals surface area contributed by atoms with Crippen molar-refractivity contribution in [3.8, 4) is 5.75 Å². The fourth-order valence-corrected chi connectivity index (χ4v) is 2.61. The summed E-state index contributed by atoms with van der Waals surface area (Å²) in [7, 11) is 0. The van der Waals surface area contributed by atoms with Crippen molar-refractivity contribution in [2.75, 3.05) is 32.9 Å². The third-order valence-corrected chi connectivity index (χ3v) is 4.10. The molecule has 2 atom stereocenters. The Balaban J connectivity index is 1.83. The van der Waals surface area contributed by atoms with Gasteiger partial charge in [-0.1, -0.05) is 17.7 Å². The molecule has 0 aromatic heterocycles. The highest BCUT2D eigenvalue weighted by Gasteiger charge is 2.20. The Morgan fingerprint density at radius 1 is 1.48 bits per heavy atom. The molecule has 0 bridgehead atoms. The maximum Gasteiger partial charge on any atom is 0.138 e. The zero-order valence-electron chi connectivity index (χ0n) is 12.7. The number of rotatable bonds is 5. The molecule has 1 N–H and O–H groups in total. The molecule has 0 aliphatic carbocycles. The minimum absolute atomic E-state index is 0.243. The smallest absolute Gasteiger partial charge is 0.138 e. The molecule has 118 valence electrons. The zero-order valence-corrected chi connectivity index (χ0v) is 13.5. The highest BCUT2D eigenvalue weighted by molar-refractivity contribution is 6.32. The van der Waals surface area contributed by atoms with Gasteiger partial charge in [0.1, 0.15) is 18.5 Å². The minimum atomic E-state index is -0.540. The first-order valence-corrected chi connectivity index (χ1v) is 7.83. The molecule has 1 aliphatic heterocycles. The van der Waals surface area contributed by atoms with Crippen molar-refractivity contribution in [1.82, 2.24) is 4.90 Å².